The van der Waals surface area contributed by atoms with Crippen LogP contribution in [0, 0.1) is 25.2 Å². The molecule has 0 aliphatic heterocycles. The molecule has 6 nitrogen and oxygen atoms in total. The first-order valence-electron chi connectivity index (χ1n) is 9.14. The summed E-state index contributed by atoms with van der Waals surface area (Å²) in [7, 11) is 1.75. The number of thiophene rings is 1. The highest BCUT2D eigenvalue weighted by Gasteiger charge is 2.19. The number of nitrogens with zero attached hydrogens (tertiary/aromatic N) is 3. The Morgan fingerprint density at radius 3 is 2.90 bits per heavy atom. The lowest BCUT2D eigenvalue weighted by molar-refractivity contribution is -0.129. The average molecular weight is 427 g/mol. The van der Waals surface area contributed by atoms with Crippen LogP contribution in [0.2, 0.25) is 0 Å². The molecule has 2 aromatic heterocycles. The van der Waals surface area contributed by atoms with Gasteiger partial charge >= 0.3 is 0 Å². The van der Waals surface area contributed by atoms with Crippen LogP contribution < -0.4 is 5.56 Å². The lowest BCUT2D eigenvalue weighted by Crippen LogP contribution is -2.33. The summed E-state index contributed by atoms with van der Waals surface area (Å²) < 4.78 is 0. The summed E-state index contributed by atoms with van der Waals surface area (Å²) in [5.41, 5.74) is 2.34. The van der Waals surface area contributed by atoms with Crippen LogP contribution in [0.5, 0.6) is 0 Å². The summed E-state index contributed by atoms with van der Waals surface area (Å²) >= 11 is 2.96. The third-order valence-corrected chi connectivity index (χ3v) is 7.00. The minimum atomic E-state index is -0.285. The van der Waals surface area contributed by atoms with E-state index < -0.39 is 0 Å². The molecule has 1 atom stereocenters. The highest BCUT2D eigenvalue weighted by molar-refractivity contribution is 7.99. The number of carbonyl (C=O) groups is 1. The Kier molecular flexibility index (Phi) is 6.40. The molecule has 2 heterocycles. The number of benzene rings is 1. The Hall–Kier alpha value is -2.63. The number of amides is 1. The molecular formula is C21H22N4O2S2. The topological polar surface area (TPSA) is 89.8 Å². The molecule has 0 aliphatic carbocycles. The fraction of sp³-hybridized carbons (Fsp3) is 0.333. The molecule has 150 valence electrons. The number of thioether (sulfide) groups is 1. The zero-order valence-corrected chi connectivity index (χ0v) is 18.4. The summed E-state index contributed by atoms with van der Waals surface area (Å²) in [5, 5.41) is 9.38. The molecule has 3 rings (SSSR count). The molecule has 1 unspecified atom stereocenters. The van der Waals surface area contributed by atoms with E-state index in [-0.39, 0.29) is 16.7 Å². The maximum Gasteiger partial charge on any atom is 0.259 e. The maximum atomic E-state index is 12.7. The number of carbonyl (C=O) groups excluding carboxylic acids is 1. The summed E-state index contributed by atoms with van der Waals surface area (Å²) in [6, 6.07) is 9.36. The zero-order valence-electron chi connectivity index (χ0n) is 16.8. The van der Waals surface area contributed by atoms with Gasteiger partial charge in [0.2, 0.25) is 5.91 Å². The van der Waals surface area contributed by atoms with Gasteiger partial charge in [-0.3, -0.25) is 9.59 Å². The Morgan fingerprint density at radius 2 is 2.17 bits per heavy atom. The number of aryl methyl sites for hydroxylation is 2. The van der Waals surface area contributed by atoms with Crippen LogP contribution in [0.25, 0.3) is 10.2 Å². The number of H-pyrrole nitrogens is 1. The SMILES string of the molecule is Cc1sc2nc(CSC(C)C(=O)N(C)Cc3cccc(C#N)c3)[nH]c(=O)c2c1C. The monoisotopic (exact) mass is 426 g/mol. The molecule has 1 amide bonds. The molecule has 29 heavy (non-hydrogen) atoms. The summed E-state index contributed by atoms with van der Waals surface area (Å²) in [6.07, 6.45) is 0. The number of hydrogen-bond acceptors (Lipinski definition) is 6. The molecule has 0 bridgehead atoms. The van der Waals surface area contributed by atoms with Crippen molar-refractivity contribution < 1.29 is 4.79 Å². The minimum Gasteiger partial charge on any atom is -0.340 e. The molecule has 0 spiro atoms. The largest absolute Gasteiger partial charge is 0.340 e. The lowest BCUT2D eigenvalue weighted by atomic mass is 10.1. The number of hydrogen-bond donors (Lipinski definition) is 1. The first kappa shape index (κ1) is 21.1. The highest BCUT2D eigenvalue weighted by Crippen LogP contribution is 2.26. The highest BCUT2D eigenvalue weighted by atomic mass is 32.2. The average Bonchev–Trinajstić information content (AvgIpc) is 2.99. The van der Waals surface area contributed by atoms with Gasteiger partial charge in [-0.05, 0) is 44.0 Å². The van der Waals surface area contributed by atoms with Crippen LogP contribution in [0.3, 0.4) is 0 Å². The lowest BCUT2D eigenvalue weighted by Gasteiger charge is -2.21. The first-order chi connectivity index (χ1) is 13.8. The van der Waals surface area contributed by atoms with Gasteiger partial charge in [-0.1, -0.05) is 12.1 Å². The molecule has 8 heteroatoms. The Balaban J connectivity index is 1.64. The number of nitriles is 1. The van der Waals surface area contributed by atoms with E-state index in [9.17, 15) is 9.59 Å². The number of aromatic amines is 1. The number of fused-ring (bicyclic) bond motifs is 1. The van der Waals surface area contributed by atoms with Crippen LogP contribution in [0.15, 0.2) is 29.1 Å². The van der Waals surface area contributed by atoms with Gasteiger partial charge in [-0.2, -0.15) is 5.26 Å². The fourth-order valence-corrected chi connectivity index (χ4v) is 4.96. The molecule has 0 fully saturated rings. The number of rotatable bonds is 6. The van der Waals surface area contributed by atoms with Gasteiger partial charge in [-0.25, -0.2) is 4.98 Å². The van der Waals surface area contributed by atoms with E-state index >= 15 is 0 Å². The maximum absolute atomic E-state index is 12.7. The van der Waals surface area contributed by atoms with E-state index in [2.05, 4.69) is 16.0 Å². The standard InChI is InChI=1S/C21H22N4O2S2/c1-12-13(2)29-20-18(12)19(26)23-17(24-20)11-28-14(3)21(27)25(4)10-16-7-5-6-15(8-16)9-22/h5-8,14H,10-11H2,1-4H3,(H,23,24,26). The van der Waals surface area contributed by atoms with Gasteiger partial charge in [0.15, 0.2) is 0 Å². The summed E-state index contributed by atoms with van der Waals surface area (Å²) in [4.78, 5) is 36.0. The predicted molar refractivity (Wildman–Crippen MR) is 118 cm³/mol. The number of aromatic nitrogens is 2. The normalized spacial score (nSPS) is 12.0. The molecule has 1 aromatic carbocycles. The Morgan fingerprint density at radius 1 is 1.41 bits per heavy atom. The quantitative estimate of drug-likeness (QED) is 0.648. The van der Waals surface area contributed by atoms with Gasteiger partial charge in [-0.15, -0.1) is 23.1 Å². The van der Waals surface area contributed by atoms with Crippen LogP contribution in [-0.4, -0.2) is 33.1 Å². The van der Waals surface area contributed by atoms with Crippen molar-refractivity contribution in [1.29, 1.82) is 5.26 Å². The van der Waals surface area contributed by atoms with Crippen molar-refractivity contribution in [3.63, 3.8) is 0 Å². The molecule has 0 radical (unpaired) electrons. The van der Waals surface area contributed by atoms with Crippen molar-refractivity contribution in [1.82, 2.24) is 14.9 Å². The Bertz CT molecular complexity index is 1160. The van der Waals surface area contributed by atoms with E-state index in [1.165, 1.54) is 23.1 Å². The fourth-order valence-electron chi connectivity index (χ4n) is 3.04. The smallest absolute Gasteiger partial charge is 0.259 e. The van der Waals surface area contributed by atoms with Gasteiger partial charge < -0.3 is 9.88 Å². The Labute approximate surface area is 177 Å². The molecule has 1 N–H and O–H groups in total. The van der Waals surface area contributed by atoms with Gasteiger partial charge in [0.25, 0.3) is 5.56 Å². The van der Waals surface area contributed by atoms with E-state index in [1.54, 1.807) is 24.1 Å². The number of nitrogens with one attached hydrogen (secondary N) is 1. The third-order valence-electron chi connectivity index (χ3n) is 4.76. The molecule has 0 saturated carbocycles. The zero-order chi connectivity index (χ0) is 21.1. The van der Waals surface area contributed by atoms with Gasteiger partial charge in [0.1, 0.15) is 10.7 Å². The van der Waals surface area contributed by atoms with E-state index in [4.69, 9.17) is 5.26 Å². The van der Waals surface area contributed by atoms with Crippen molar-refractivity contribution in [2.24, 2.45) is 0 Å². The molecule has 3 aromatic rings. The van der Waals surface area contributed by atoms with Gasteiger partial charge in [0.05, 0.1) is 28.0 Å². The van der Waals surface area contributed by atoms with E-state index in [0.29, 0.717) is 29.1 Å². The summed E-state index contributed by atoms with van der Waals surface area (Å²) in [5.74, 6) is 1.02. The van der Waals surface area contributed by atoms with Crippen LogP contribution in [-0.2, 0) is 17.1 Å². The second kappa shape index (κ2) is 8.80. The molecule has 0 saturated heterocycles. The summed E-state index contributed by atoms with van der Waals surface area (Å²) in [6.45, 7) is 6.21. The van der Waals surface area contributed by atoms with E-state index in [0.717, 1.165) is 20.8 Å². The van der Waals surface area contributed by atoms with Crippen molar-refractivity contribution in [2.45, 2.75) is 38.3 Å². The van der Waals surface area contributed by atoms with Crippen LogP contribution in [0.4, 0.5) is 0 Å². The van der Waals surface area contributed by atoms with E-state index in [1.807, 2.05) is 32.9 Å². The van der Waals surface area contributed by atoms with Crippen molar-refractivity contribution >= 4 is 39.2 Å². The second-order valence-corrected chi connectivity index (χ2v) is 9.47. The van der Waals surface area contributed by atoms with Crippen molar-refractivity contribution in [3.8, 4) is 6.07 Å². The predicted octanol–water partition coefficient (Wildman–Crippen LogP) is 3.75. The van der Waals surface area contributed by atoms with Gasteiger partial charge in [0, 0.05) is 18.5 Å². The minimum absolute atomic E-state index is 0.0106. The van der Waals surface area contributed by atoms with Crippen LogP contribution >= 0.6 is 23.1 Å². The second-order valence-electron chi connectivity index (χ2n) is 6.94. The molecule has 0 aliphatic rings. The first-order valence-corrected chi connectivity index (χ1v) is 11.0. The van der Waals surface area contributed by atoms with Crippen LogP contribution in [0.1, 0.15) is 34.3 Å². The van der Waals surface area contributed by atoms with Crippen molar-refractivity contribution in [3.05, 3.63) is 62.0 Å². The van der Waals surface area contributed by atoms with Crippen molar-refractivity contribution in [2.75, 3.05) is 7.05 Å². The molecular weight excluding hydrogens is 404 g/mol. The third kappa shape index (κ3) is 4.69.